The van der Waals surface area contributed by atoms with E-state index in [1.54, 1.807) is 0 Å². The molecule has 0 heterocycles. The van der Waals surface area contributed by atoms with Crippen molar-refractivity contribution in [1.29, 1.82) is 5.41 Å². The van der Waals surface area contributed by atoms with Gasteiger partial charge in [0.1, 0.15) is 0 Å². The first-order valence-electron chi connectivity index (χ1n) is 5.79. The fourth-order valence-electron chi connectivity index (χ4n) is 1.80. The summed E-state index contributed by atoms with van der Waals surface area (Å²) in [6.45, 7) is 11.0. The van der Waals surface area contributed by atoms with Crippen LogP contribution in [0.15, 0.2) is 12.1 Å². The standard InChI is InChI=1S/C14H22N2S.ClH/c1-9-6-11(14(3,4)5)7-10(2)12(9)8-17-13(15)16;/h6-7H,8H2,1-5H3,(H3,15,16);1H. The Morgan fingerprint density at radius 1 is 1.22 bits per heavy atom. The molecule has 0 saturated carbocycles. The van der Waals surface area contributed by atoms with Crippen LogP contribution in [-0.2, 0) is 11.2 Å². The van der Waals surface area contributed by atoms with Gasteiger partial charge in [0.05, 0.1) is 0 Å². The Bertz CT molecular complexity index is 413. The van der Waals surface area contributed by atoms with Crippen LogP contribution in [0.25, 0.3) is 0 Å². The van der Waals surface area contributed by atoms with Crippen LogP contribution in [0.3, 0.4) is 0 Å². The van der Waals surface area contributed by atoms with Gasteiger partial charge in [-0.3, -0.25) is 5.41 Å². The van der Waals surface area contributed by atoms with E-state index < -0.39 is 0 Å². The molecular formula is C14H23ClN2S. The number of nitrogens with two attached hydrogens (primary N) is 1. The summed E-state index contributed by atoms with van der Waals surface area (Å²) in [4.78, 5) is 0. The highest BCUT2D eigenvalue weighted by molar-refractivity contribution is 8.13. The zero-order valence-electron chi connectivity index (χ0n) is 11.8. The average Bonchev–Trinajstić information content (AvgIpc) is 2.14. The maximum atomic E-state index is 7.27. The summed E-state index contributed by atoms with van der Waals surface area (Å²) in [6, 6.07) is 4.51. The van der Waals surface area contributed by atoms with Gasteiger partial charge in [-0.15, -0.1) is 12.4 Å². The number of hydrogen-bond acceptors (Lipinski definition) is 2. The van der Waals surface area contributed by atoms with Gasteiger partial charge in [0.25, 0.3) is 0 Å². The highest BCUT2D eigenvalue weighted by atomic mass is 35.5. The minimum atomic E-state index is 0. The summed E-state index contributed by atoms with van der Waals surface area (Å²) < 4.78 is 0. The van der Waals surface area contributed by atoms with Gasteiger partial charge < -0.3 is 5.73 Å². The fraction of sp³-hybridized carbons (Fsp3) is 0.500. The lowest BCUT2D eigenvalue weighted by molar-refractivity contribution is 0.589. The first-order valence-corrected chi connectivity index (χ1v) is 6.78. The van der Waals surface area contributed by atoms with Crippen LogP contribution in [0.2, 0.25) is 0 Å². The predicted molar refractivity (Wildman–Crippen MR) is 85.1 cm³/mol. The molecule has 102 valence electrons. The van der Waals surface area contributed by atoms with Crippen molar-refractivity contribution in [2.24, 2.45) is 5.73 Å². The van der Waals surface area contributed by atoms with Crippen LogP contribution < -0.4 is 5.73 Å². The third-order valence-electron chi connectivity index (χ3n) is 2.93. The highest BCUT2D eigenvalue weighted by Gasteiger charge is 2.16. The van der Waals surface area contributed by atoms with E-state index in [4.69, 9.17) is 11.1 Å². The molecule has 0 aliphatic rings. The summed E-state index contributed by atoms with van der Waals surface area (Å²) in [6.07, 6.45) is 0. The van der Waals surface area contributed by atoms with Gasteiger partial charge in [-0.25, -0.2) is 0 Å². The number of hydrogen-bond donors (Lipinski definition) is 2. The second-order valence-corrected chi connectivity index (χ2v) is 6.51. The van der Waals surface area contributed by atoms with E-state index in [2.05, 4.69) is 46.8 Å². The van der Waals surface area contributed by atoms with Gasteiger partial charge in [0.2, 0.25) is 0 Å². The van der Waals surface area contributed by atoms with Crippen molar-refractivity contribution in [2.75, 3.05) is 0 Å². The number of nitrogens with one attached hydrogen (secondary N) is 1. The maximum absolute atomic E-state index is 7.27. The molecule has 1 aromatic carbocycles. The number of benzene rings is 1. The number of halogens is 1. The number of thioether (sulfide) groups is 1. The molecule has 0 aliphatic carbocycles. The maximum Gasteiger partial charge on any atom is 0.151 e. The molecule has 0 saturated heterocycles. The first kappa shape index (κ1) is 17.3. The Hall–Kier alpha value is -0.670. The molecule has 18 heavy (non-hydrogen) atoms. The second kappa shape index (κ2) is 6.48. The van der Waals surface area contributed by atoms with Gasteiger partial charge in [-0.2, -0.15) is 0 Å². The predicted octanol–water partition coefficient (Wildman–Crippen LogP) is 4.15. The van der Waals surface area contributed by atoms with Gasteiger partial charge in [-0.1, -0.05) is 44.7 Å². The highest BCUT2D eigenvalue weighted by Crippen LogP contribution is 2.28. The fourth-order valence-corrected chi connectivity index (χ4v) is 2.56. The van der Waals surface area contributed by atoms with Gasteiger partial charge >= 0.3 is 0 Å². The molecule has 0 bridgehead atoms. The van der Waals surface area contributed by atoms with Crippen LogP contribution in [0.4, 0.5) is 0 Å². The van der Waals surface area contributed by atoms with Crippen LogP contribution in [0.5, 0.6) is 0 Å². The molecule has 0 fully saturated rings. The Labute approximate surface area is 121 Å². The average molecular weight is 287 g/mol. The summed E-state index contributed by atoms with van der Waals surface area (Å²) >= 11 is 1.39. The molecule has 0 amide bonds. The first-order chi connectivity index (χ1) is 7.71. The topological polar surface area (TPSA) is 49.9 Å². The number of rotatable bonds is 2. The molecule has 0 spiro atoms. The monoisotopic (exact) mass is 286 g/mol. The Morgan fingerprint density at radius 3 is 2.00 bits per heavy atom. The lowest BCUT2D eigenvalue weighted by Gasteiger charge is -2.22. The zero-order valence-corrected chi connectivity index (χ0v) is 13.4. The Morgan fingerprint density at radius 2 is 1.67 bits per heavy atom. The van der Waals surface area contributed by atoms with Crippen LogP contribution in [0, 0.1) is 19.3 Å². The molecule has 2 nitrogen and oxygen atoms in total. The molecule has 4 heteroatoms. The summed E-state index contributed by atoms with van der Waals surface area (Å²) in [5.74, 6) is 0.789. The molecule has 0 radical (unpaired) electrons. The van der Waals surface area contributed by atoms with Crippen molar-refractivity contribution < 1.29 is 0 Å². The summed E-state index contributed by atoms with van der Waals surface area (Å²) in [7, 11) is 0. The minimum absolute atomic E-state index is 0. The molecule has 1 rings (SSSR count). The van der Waals surface area contributed by atoms with Crippen molar-refractivity contribution in [3.8, 4) is 0 Å². The van der Waals surface area contributed by atoms with Crippen molar-refractivity contribution >= 4 is 29.3 Å². The largest absolute Gasteiger partial charge is 0.379 e. The molecule has 0 unspecified atom stereocenters. The van der Waals surface area contributed by atoms with E-state index in [0.717, 1.165) is 5.75 Å². The minimum Gasteiger partial charge on any atom is -0.379 e. The van der Waals surface area contributed by atoms with E-state index in [9.17, 15) is 0 Å². The van der Waals surface area contributed by atoms with Gasteiger partial charge in [0, 0.05) is 5.75 Å². The van der Waals surface area contributed by atoms with Crippen molar-refractivity contribution in [2.45, 2.75) is 45.8 Å². The lowest BCUT2D eigenvalue weighted by Crippen LogP contribution is -2.12. The number of amidine groups is 1. The van der Waals surface area contributed by atoms with Crippen LogP contribution in [-0.4, -0.2) is 5.17 Å². The lowest BCUT2D eigenvalue weighted by atomic mass is 9.84. The summed E-state index contributed by atoms with van der Waals surface area (Å²) in [5, 5.41) is 7.45. The molecule has 0 atom stereocenters. The molecular weight excluding hydrogens is 264 g/mol. The third-order valence-corrected chi connectivity index (χ3v) is 3.68. The Kier molecular flexibility index (Phi) is 6.24. The Balaban J connectivity index is 0.00000289. The molecule has 0 aliphatic heterocycles. The van der Waals surface area contributed by atoms with Crippen molar-refractivity contribution in [3.63, 3.8) is 0 Å². The quantitative estimate of drug-likeness (QED) is 0.634. The molecule has 3 N–H and O–H groups in total. The van der Waals surface area contributed by atoms with E-state index in [0.29, 0.717) is 0 Å². The van der Waals surface area contributed by atoms with Crippen molar-refractivity contribution in [1.82, 2.24) is 0 Å². The zero-order chi connectivity index (χ0) is 13.2. The molecule has 1 aromatic rings. The molecule has 0 aromatic heterocycles. The summed E-state index contributed by atoms with van der Waals surface area (Å²) in [5.41, 5.74) is 10.8. The second-order valence-electron chi connectivity index (χ2n) is 5.49. The van der Waals surface area contributed by atoms with Crippen LogP contribution >= 0.6 is 24.2 Å². The van der Waals surface area contributed by atoms with E-state index in [1.165, 1.54) is 34.0 Å². The van der Waals surface area contributed by atoms with Crippen LogP contribution in [0.1, 0.15) is 43.0 Å². The normalized spacial score (nSPS) is 10.9. The number of aryl methyl sites for hydroxylation is 2. The van der Waals surface area contributed by atoms with Gasteiger partial charge in [0.15, 0.2) is 5.17 Å². The van der Waals surface area contributed by atoms with E-state index in [-0.39, 0.29) is 23.0 Å². The SMILES string of the molecule is Cc1cc(C(C)(C)C)cc(C)c1CSC(=N)N.Cl. The van der Waals surface area contributed by atoms with Crippen molar-refractivity contribution in [3.05, 3.63) is 34.4 Å². The smallest absolute Gasteiger partial charge is 0.151 e. The van der Waals surface area contributed by atoms with E-state index >= 15 is 0 Å². The van der Waals surface area contributed by atoms with Gasteiger partial charge in [-0.05, 0) is 41.5 Å². The van der Waals surface area contributed by atoms with E-state index in [1.807, 2.05) is 0 Å². The third kappa shape index (κ3) is 4.54.